The van der Waals surface area contributed by atoms with Crippen LogP contribution in [0.3, 0.4) is 0 Å². The van der Waals surface area contributed by atoms with Crippen LogP contribution in [0.5, 0.6) is 5.88 Å². The maximum atomic E-state index is 12.5. The smallest absolute Gasteiger partial charge is 0.297 e. The third kappa shape index (κ3) is 4.55. The number of nitrogens with one attached hydrogen (secondary N) is 1. The van der Waals surface area contributed by atoms with Gasteiger partial charge in [0.15, 0.2) is 5.69 Å². The lowest BCUT2D eigenvalue weighted by atomic mass is 10.1. The highest BCUT2D eigenvalue weighted by Gasteiger charge is 2.20. The normalized spacial score (nSPS) is 10.5. The number of carbonyl (C=O) groups excluding carboxylic acids is 2. The molecule has 0 aliphatic rings. The molecule has 0 bridgehead atoms. The Morgan fingerprint density at radius 3 is 2.47 bits per heavy atom. The van der Waals surface area contributed by atoms with Gasteiger partial charge in [0.1, 0.15) is 6.09 Å². The zero-order chi connectivity index (χ0) is 21.7. The number of carbonyl (C=O) groups is 2. The topological polar surface area (TPSA) is 122 Å². The van der Waals surface area contributed by atoms with Crippen LogP contribution in [-0.4, -0.2) is 53.1 Å². The van der Waals surface area contributed by atoms with E-state index in [0.29, 0.717) is 17.3 Å². The Bertz CT molecular complexity index is 1030. The second kappa shape index (κ2) is 9.05. The summed E-state index contributed by atoms with van der Waals surface area (Å²) in [6, 6.07) is 12.3. The van der Waals surface area contributed by atoms with Gasteiger partial charge in [-0.1, -0.05) is 24.3 Å². The van der Waals surface area contributed by atoms with Gasteiger partial charge in [-0.05, 0) is 17.7 Å². The van der Waals surface area contributed by atoms with Crippen molar-refractivity contribution in [2.75, 3.05) is 21.3 Å². The maximum Gasteiger partial charge on any atom is 0.297 e. The summed E-state index contributed by atoms with van der Waals surface area (Å²) in [5, 5.41) is 18.3. The lowest BCUT2D eigenvalue weighted by Gasteiger charge is -2.11. The Kier molecular flexibility index (Phi) is 6.28. The minimum absolute atomic E-state index is 0.132. The number of pyridine rings is 1. The standard InChI is InChI=1S/C20H21N5O5/c1-24(30-3)19(26)16-10-17(14-6-4-13(5-7-14)11-22-20(27)28)25(23-16)15-8-9-18(29-2)21-12-15/h4-10,12,22H,11H2,1-3H3,(H,27,28)/p-1. The molecule has 30 heavy (non-hydrogen) atoms. The van der Waals surface area contributed by atoms with Gasteiger partial charge in [0.2, 0.25) is 5.88 Å². The molecule has 0 atom stereocenters. The van der Waals surface area contributed by atoms with E-state index in [0.717, 1.165) is 16.2 Å². The second-order valence-electron chi connectivity index (χ2n) is 6.21. The van der Waals surface area contributed by atoms with Crippen LogP contribution in [0.2, 0.25) is 0 Å². The van der Waals surface area contributed by atoms with Gasteiger partial charge in [0, 0.05) is 25.2 Å². The van der Waals surface area contributed by atoms with Gasteiger partial charge in [-0.2, -0.15) is 5.10 Å². The summed E-state index contributed by atoms with van der Waals surface area (Å²) in [7, 11) is 4.41. The molecule has 0 radical (unpaired) electrons. The average Bonchev–Trinajstić information content (AvgIpc) is 3.22. The summed E-state index contributed by atoms with van der Waals surface area (Å²) < 4.78 is 6.69. The molecule has 2 aromatic heterocycles. The molecular formula is C20H20N5O5-. The highest BCUT2D eigenvalue weighted by molar-refractivity contribution is 5.92. The Morgan fingerprint density at radius 1 is 1.17 bits per heavy atom. The first-order valence-electron chi connectivity index (χ1n) is 8.89. The summed E-state index contributed by atoms with van der Waals surface area (Å²) in [5.41, 5.74) is 3.00. The van der Waals surface area contributed by atoms with Crippen molar-refractivity contribution in [2.24, 2.45) is 0 Å². The molecule has 156 valence electrons. The highest BCUT2D eigenvalue weighted by atomic mass is 16.7. The van der Waals surface area contributed by atoms with Crippen molar-refractivity contribution in [1.29, 1.82) is 0 Å². The van der Waals surface area contributed by atoms with Crippen LogP contribution < -0.4 is 15.2 Å². The van der Waals surface area contributed by atoms with Gasteiger partial charge in [-0.3, -0.25) is 9.63 Å². The monoisotopic (exact) mass is 410 g/mol. The number of methoxy groups -OCH3 is 1. The van der Waals surface area contributed by atoms with E-state index in [1.54, 1.807) is 41.2 Å². The van der Waals surface area contributed by atoms with E-state index in [9.17, 15) is 14.7 Å². The zero-order valence-corrected chi connectivity index (χ0v) is 16.7. The van der Waals surface area contributed by atoms with E-state index >= 15 is 0 Å². The molecule has 2 heterocycles. The van der Waals surface area contributed by atoms with E-state index in [1.165, 1.54) is 21.3 Å². The maximum absolute atomic E-state index is 12.5. The fourth-order valence-corrected chi connectivity index (χ4v) is 2.72. The van der Waals surface area contributed by atoms with Crippen molar-refractivity contribution in [3.8, 4) is 22.8 Å². The molecule has 3 aromatic rings. The van der Waals surface area contributed by atoms with Crippen LogP contribution in [0.1, 0.15) is 16.1 Å². The molecule has 10 heteroatoms. The van der Waals surface area contributed by atoms with Crippen LogP contribution in [-0.2, 0) is 11.4 Å². The van der Waals surface area contributed by atoms with Gasteiger partial charge in [-0.25, -0.2) is 14.7 Å². The molecule has 0 fully saturated rings. The Morgan fingerprint density at radius 2 is 1.90 bits per heavy atom. The van der Waals surface area contributed by atoms with Gasteiger partial charge < -0.3 is 20.0 Å². The Labute approximate surface area is 172 Å². The number of ether oxygens (including phenoxy) is 1. The molecule has 1 N–H and O–H groups in total. The lowest BCUT2D eigenvalue weighted by Crippen LogP contribution is -2.35. The molecule has 0 saturated heterocycles. The molecular weight excluding hydrogens is 390 g/mol. The SMILES string of the molecule is COc1ccc(-n2nc(C(=O)N(C)OC)cc2-c2ccc(CNC(=O)[O-])cc2)cn1. The van der Waals surface area contributed by atoms with E-state index in [1.807, 2.05) is 12.1 Å². The van der Waals surface area contributed by atoms with Crippen LogP contribution in [0.25, 0.3) is 16.9 Å². The average molecular weight is 410 g/mol. The first-order chi connectivity index (χ1) is 14.4. The molecule has 0 aliphatic heterocycles. The summed E-state index contributed by atoms with van der Waals surface area (Å²) in [6.07, 6.45) is 0.247. The summed E-state index contributed by atoms with van der Waals surface area (Å²) >= 11 is 0. The summed E-state index contributed by atoms with van der Waals surface area (Å²) in [6.45, 7) is 0.132. The fourth-order valence-electron chi connectivity index (χ4n) is 2.72. The number of rotatable bonds is 7. The number of amides is 2. The Hall–Kier alpha value is -3.92. The number of carboxylic acid groups (broad SMARTS) is 1. The van der Waals surface area contributed by atoms with Crippen LogP contribution in [0, 0.1) is 0 Å². The van der Waals surface area contributed by atoms with E-state index < -0.39 is 12.0 Å². The minimum Gasteiger partial charge on any atom is -0.530 e. The number of hydrogen-bond donors (Lipinski definition) is 1. The van der Waals surface area contributed by atoms with Crippen molar-refractivity contribution in [2.45, 2.75) is 6.54 Å². The third-order valence-electron chi connectivity index (χ3n) is 4.35. The van der Waals surface area contributed by atoms with Crippen molar-refractivity contribution in [3.63, 3.8) is 0 Å². The summed E-state index contributed by atoms with van der Waals surface area (Å²) in [4.78, 5) is 32.2. The molecule has 0 spiro atoms. The number of aromatic nitrogens is 3. The highest BCUT2D eigenvalue weighted by Crippen LogP contribution is 2.25. The summed E-state index contributed by atoms with van der Waals surface area (Å²) in [5.74, 6) is 0.0430. The fraction of sp³-hybridized carbons (Fsp3) is 0.200. The van der Waals surface area contributed by atoms with Crippen LogP contribution in [0.15, 0.2) is 48.7 Å². The van der Waals surface area contributed by atoms with Crippen molar-refractivity contribution < 1.29 is 24.3 Å². The predicted molar refractivity (Wildman–Crippen MR) is 105 cm³/mol. The van der Waals surface area contributed by atoms with E-state index in [-0.39, 0.29) is 12.2 Å². The Balaban J connectivity index is 2.01. The number of nitrogens with zero attached hydrogens (tertiary/aromatic N) is 4. The number of hydrogen-bond acceptors (Lipinski definition) is 7. The lowest BCUT2D eigenvalue weighted by molar-refractivity contribution is -0.251. The quantitative estimate of drug-likeness (QED) is 0.577. The molecule has 10 nitrogen and oxygen atoms in total. The van der Waals surface area contributed by atoms with E-state index in [2.05, 4.69) is 15.4 Å². The van der Waals surface area contributed by atoms with Crippen molar-refractivity contribution >= 4 is 12.0 Å². The zero-order valence-electron chi connectivity index (χ0n) is 16.7. The molecule has 1 aromatic carbocycles. The first kappa shape index (κ1) is 20.8. The van der Waals surface area contributed by atoms with Gasteiger partial charge >= 0.3 is 0 Å². The number of hydroxylamine groups is 2. The van der Waals surface area contributed by atoms with Gasteiger partial charge in [0.25, 0.3) is 5.91 Å². The molecule has 0 saturated carbocycles. The van der Waals surface area contributed by atoms with Gasteiger partial charge in [0.05, 0.1) is 31.8 Å². The predicted octanol–water partition coefficient (Wildman–Crippen LogP) is 1.01. The van der Waals surface area contributed by atoms with Crippen molar-refractivity contribution in [3.05, 3.63) is 59.9 Å². The largest absolute Gasteiger partial charge is 0.530 e. The number of benzene rings is 1. The first-order valence-corrected chi connectivity index (χ1v) is 8.89. The van der Waals surface area contributed by atoms with E-state index in [4.69, 9.17) is 9.57 Å². The molecule has 2 amide bonds. The third-order valence-corrected chi connectivity index (χ3v) is 4.35. The molecule has 0 unspecified atom stereocenters. The van der Waals surface area contributed by atoms with Crippen LogP contribution in [0.4, 0.5) is 4.79 Å². The molecule has 0 aliphatic carbocycles. The van der Waals surface area contributed by atoms with Crippen molar-refractivity contribution in [1.82, 2.24) is 25.1 Å². The van der Waals surface area contributed by atoms with Crippen LogP contribution >= 0.6 is 0 Å². The molecule has 3 rings (SSSR count). The second-order valence-corrected chi connectivity index (χ2v) is 6.21. The van der Waals surface area contributed by atoms with Gasteiger partial charge in [-0.15, -0.1) is 0 Å². The minimum atomic E-state index is -1.34.